The second kappa shape index (κ2) is 5.69. The molecule has 0 aliphatic carbocycles. The van der Waals surface area contributed by atoms with Gasteiger partial charge in [0, 0.05) is 6.54 Å². The molecule has 0 atom stereocenters. The highest BCUT2D eigenvalue weighted by Crippen LogP contribution is 2.36. The molecule has 2 rings (SSSR count). The predicted octanol–water partition coefficient (Wildman–Crippen LogP) is 2.09. The first-order valence-corrected chi connectivity index (χ1v) is 7.16. The van der Waals surface area contributed by atoms with Crippen LogP contribution in [0.3, 0.4) is 0 Å². The number of rotatable bonds is 3. The predicted molar refractivity (Wildman–Crippen MR) is 81.9 cm³/mol. The van der Waals surface area contributed by atoms with Crippen LogP contribution in [0.25, 0.3) is 0 Å². The topological polar surface area (TPSA) is 56.8 Å². The molecule has 0 aromatic heterocycles. The molecule has 1 fully saturated rings. The summed E-state index contributed by atoms with van der Waals surface area (Å²) in [6, 6.07) is 7.15. The van der Waals surface area contributed by atoms with Crippen molar-refractivity contribution in [2.45, 2.75) is 45.8 Å². The Kier molecular flexibility index (Phi) is 4.30. The fourth-order valence-corrected chi connectivity index (χ4v) is 1.96. The molecular weight excluding hydrogens is 269 g/mol. The van der Waals surface area contributed by atoms with Crippen LogP contribution < -0.4 is 15.5 Å². The maximum Gasteiger partial charge on any atom is 0.494 e. The molecule has 0 saturated carbocycles. The van der Waals surface area contributed by atoms with Crippen LogP contribution in [-0.4, -0.2) is 31.0 Å². The molecule has 1 amide bonds. The van der Waals surface area contributed by atoms with Gasteiger partial charge in [-0.1, -0.05) is 12.1 Å². The number of carbonyl (C=O) groups is 1. The van der Waals surface area contributed by atoms with E-state index in [4.69, 9.17) is 14.0 Å². The first-order chi connectivity index (χ1) is 9.75. The van der Waals surface area contributed by atoms with E-state index in [2.05, 4.69) is 5.32 Å². The number of ether oxygens (including phenoxy) is 1. The molecule has 1 aromatic carbocycles. The second-order valence-electron chi connectivity index (χ2n) is 6.08. The monoisotopic (exact) mass is 291 g/mol. The second-order valence-corrected chi connectivity index (χ2v) is 6.08. The van der Waals surface area contributed by atoms with Crippen LogP contribution in [0.2, 0.25) is 0 Å². The summed E-state index contributed by atoms with van der Waals surface area (Å²) in [5.41, 5.74) is 0.165. The van der Waals surface area contributed by atoms with Gasteiger partial charge < -0.3 is 19.4 Å². The third-order valence-corrected chi connectivity index (χ3v) is 3.94. The van der Waals surface area contributed by atoms with E-state index in [0.29, 0.717) is 12.3 Å². The average molecular weight is 291 g/mol. The quantitative estimate of drug-likeness (QED) is 0.866. The molecule has 1 aromatic rings. The van der Waals surface area contributed by atoms with Gasteiger partial charge in [0.05, 0.1) is 11.2 Å². The third-order valence-electron chi connectivity index (χ3n) is 3.94. The Balaban J connectivity index is 2.05. The van der Waals surface area contributed by atoms with E-state index >= 15 is 0 Å². The SMILES string of the molecule is CCNC(=O)Oc1ccc(B2OC(C)(C)C(C)(C)O2)cc1. The zero-order valence-electron chi connectivity index (χ0n) is 13.2. The number of benzene rings is 1. The minimum absolute atomic E-state index is 0.367. The molecule has 0 bridgehead atoms. The molecule has 5 nitrogen and oxygen atoms in total. The summed E-state index contributed by atoms with van der Waals surface area (Å²) >= 11 is 0. The van der Waals surface area contributed by atoms with Crippen molar-refractivity contribution in [3.8, 4) is 5.75 Å². The summed E-state index contributed by atoms with van der Waals surface area (Å²) in [7, 11) is -0.409. The van der Waals surface area contributed by atoms with Crippen LogP contribution in [0.4, 0.5) is 4.79 Å². The highest BCUT2D eigenvalue weighted by molar-refractivity contribution is 6.62. The summed E-state index contributed by atoms with van der Waals surface area (Å²) in [6.07, 6.45) is -0.458. The molecule has 6 heteroatoms. The first kappa shape index (κ1) is 15.9. The van der Waals surface area contributed by atoms with E-state index in [0.717, 1.165) is 5.46 Å². The minimum atomic E-state index is -0.458. The van der Waals surface area contributed by atoms with Crippen LogP contribution in [0.5, 0.6) is 5.75 Å². The molecule has 114 valence electrons. The molecule has 0 spiro atoms. The lowest BCUT2D eigenvalue weighted by Gasteiger charge is -2.32. The lowest BCUT2D eigenvalue weighted by Crippen LogP contribution is -2.41. The van der Waals surface area contributed by atoms with Gasteiger partial charge in [-0.15, -0.1) is 0 Å². The summed E-state index contributed by atoms with van der Waals surface area (Å²) in [5.74, 6) is 0.487. The third kappa shape index (κ3) is 3.39. The Morgan fingerprint density at radius 2 is 1.67 bits per heavy atom. The smallest absolute Gasteiger partial charge is 0.410 e. The summed E-state index contributed by atoms with van der Waals surface area (Å²) in [6.45, 7) is 10.4. The normalized spacial score (nSPS) is 19.4. The Labute approximate surface area is 126 Å². The van der Waals surface area contributed by atoms with Crippen LogP contribution in [0.15, 0.2) is 24.3 Å². The molecule has 21 heavy (non-hydrogen) atoms. The van der Waals surface area contributed by atoms with Crippen molar-refractivity contribution in [2.24, 2.45) is 0 Å². The van der Waals surface area contributed by atoms with Crippen molar-refractivity contribution in [1.29, 1.82) is 0 Å². The van der Waals surface area contributed by atoms with E-state index in [1.807, 2.05) is 46.8 Å². The molecule has 1 saturated heterocycles. The molecule has 0 unspecified atom stereocenters. The first-order valence-electron chi connectivity index (χ1n) is 7.16. The van der Waals surface area contributed by atoms with Crippen molar-refractivity contribution in [2.75, 3.05) is 6.54 Å². The van der Waals surface area contributed by atoms with E-state index in [-0.39, 0.29) is 11.2 Å². The van der Waals surface area contributed by atoms with E-state index < -0.39 is 13.2 Å². The van der Waals surface area contributed by atoms with Crippen molar-refractivity contribution < 1.29 is 18.8 Å². The van der Waals surface area contributed by atoms with Crippen molar-refractivity contribution >= 4 is 18.7 Å². The molecule has 1 aliphatic rings. The fourth-order valence-electron chi connectivity index (χ4n) is 1.96. The van der Waals surface area contributed by atoms with Gasteiger partial charge >= 0.3 is 13.2 Å². The van der Waals surface area contributed by atoms with Gasteiger partial charge in [0.1, 0.15) is 5.75 Å². The summed E-state index contributed by atoms with van der Waals surface area (Å²) in [5, 5.41) is 2.57. The minimum Gasteiger partial charge on any atom is -0.410 e. The Morgan fingerprint density at radius 1 is 1.14 bits per heavy atom. The maximum atomic E-state index is 11.3. The van der Waals surface area contributed by atoms with Gasteiger partial charge in [-0.2, -0.15) is 0 Å². The van der Waals surface area contributed by atoms with Gasteiger partial charge in [0.25, 0.3) is 0 Å². The molecule has 1 heterocycles. The molecular formula is C15H22BNO4. The average Bonchev–Trinajstić information content (AvgIpc) is 2.59. The summed E-state index contributed by atoms with van der Waals surface area (Å²) in [4.78, 5) is 11.3. The Bertz CT molecular complexity index is 497. The Hall–Kier alpha value is -1.53. The van der Waals surface area contributed by atoms with E-state index in [1.165, 1.54) is 0 Å². The number of amides is 1. The highest BCUT2D eigenvalue weighted by atomic mass is 16.7. The number of hydrogen-bond acceptors (Lipinski definition) is 4. The Morgan fingerprint density at radius 3 is 2.14 bits per heavy atom. The zero-order chi connectivity index (χ0) is 15.7. The van der Waals surface area contributed by atoms with Gasteiger partial charge in [-0.05, 0) is 52.2 Å². The lowest BCUT2D eigenvalue weighted by molar-refractivity contribution is 0.00578. The number of hydrogen-bond donors (Lipinski definition) is 1. The van der Waals surface area contributed by atoms with Crippen LogP contribution in [-0.2, 0) is 9.31 Å². The standard InChI is InChI=1S/C15H22BNO4/c1-6-17-13(18)19-12-9-7-11(8-10-12)16-20-14(2,3)15(4,5)21-16/h7-10H,6H2,1-5H3,(H,17,18). The van der Waals surface area contributed by atoms with Crippen molar-refractivity contribution in [1.82, 2.24) is 5.32 Å². The van der Waals surface area contributed by atoms with Gasteiger partial charge in [-0.25, -0.2) is 4.79 Å². The van der Waals surface area contributed by atoms with Gasteiger partial charge in [-0.3, -0.25) is 0 Å². The molecule has 0 radical (unpaired) electrons. The molecule has 1 aliphatic heterocycles. The van der Waals surface area contributed by atoms with Crippen molar-refractivity contribution in [3.63, 3.8) is 0 Å². The van der Waals surface area contributed by atoms with Crippen molar-refractivity contribution in [3.05, 3.63) is 24.3 Å². The van der Waals surface area contributed by atoms with Gasteiger partial charge in [0.15, 0.2) is 0 Å². The maximum absolute atomic E-state index is 11.3. The largest absolute Gasteiger partial charge is 0.494 e. The van der Waals surface area contributed by atoms with E-state index in [9.17, 15) is 4.79 Å². The number of nitrogens with one attached hydrogen (secondary N) is 1. The zero-order valence-corrected chi connectivity index (χ0v) is 13.2. The van der Waals surface area contributed by atoms with Crippen LogP contribution in [0, 0.1) is 0 Å². The number of carbonyl (C=O) groups excluding carboxylic acids is 1. The van der Waals surface area contributed by atoms with Crippen LogP contribution in [0.1, 0.15) is 34.6 Å². The summed E-state index contributed by atoms with van der Waals surface area (Å²) < 4.78 is 17.1. The highest BCUT2D eigenvalue weighted by Gasteiger charge is 2.51. The van der Waals surface area contributed by atoms with Gasteiger partial charge in [0.2, 0.25) is 0 Å². The van der Waals surface area contributed by atoms with Crippen LogP contribution >= 0.6 is 0 Å². The van der Waals surface area contributed by atoms with E-state index in [1.54, 1.807) is 12.1 Å². The lowest BCUT2D eigenvalue weighted by atomic mass is 9.79. The fraction of sp³-hybridized carbons (Fsp3) is 0.533. The molecule has 1 N–H and O–H groups in total.